The molecule has 1 fully saturated rings. The van der Waals surface area contributed by atoms with E-state index in [0.29, 0.717) is 11.5 Å². The number of aryl methyl sites for hydroxylation is 1. The van der Waals surface area contributed by atoms with E-state index < -0.39 is 0 Å². The molecule has 0 radical (unpaired) electrons. The van der Waals surface area contributed by atoms with Crippen LogP contribution in [-0.2, 0) is 0 Å². The van der Waals surface area contributed by atoms with Crippen LogP contribution in [0.15, 0.2) is 67.0 Å². The molecule has 0 atom stereocenters. The van der Waals surface area contributed by atoms with Crippen LogP contribution in [0.2, 0.25) is 0 Å². The minimum atomic E-state index is -0.129. The normalized spacial score (nSPS) is 14.3. The molecule has 1 aliphatic rings. The van der Waals surface area contributed by atoms with Crippen LogP contribution in [0.4, 0.5) is 5.69 Å². The molecule has 5 heteroatoms. The second-order valence-corrected chi connectivity index (χ2v) is 7.96. The second-order valence-electron chi connectivity index (χ2n) is 7.96. The number of pyridine rings is 2. The lowest BCUT2D eigenvalue weighted by Gasteiger charge is -2.08. The molecule has 30 heavy (non-hydrogen) atoms. The summed E-state index contributed by atoms with van der Waals surface area (Å²) >= 11 is 0. The van der Waals surface area contributed by atoms with Crippen LogP contribution < -0.4 is 5.32 Å². The van der Waals surface area contributed by atoms with Crippen LogP contribution in [0.3, 0.4) is 0 Å². The van der Waals surface area contributed by atoms with Gasteiger partial charge >= 0.3 is 0 Å². The summed E-state index contributed by atoms with van der Waals surface area (Å²) in [5.41, 5.74) is 6.58. The molecule has 1 N–H and O–H groups in total. The van der Waals surface area contributed by atoms with Crippen molar-refractivity contribution in [2.24, 2.45) is 0 Å². The van der Waals surface area contributed by atoms with Crippen LogP contribution in [0.1, 0.15) is 53.3 Å². The molecule has 5 nitrogen and oxygen atoms in total. The van der Waals surface area contributed by atoms with E-state index in [-0.39, 0.29) is 5.91 Å². The van der Waals surface area contributed by atoms with E-state index in [4.69, 9.17) is 4.98 Å². The number of nitrogens with zero attached hydrogens (tertiary/aromatic N) is 3. The van der Waals surface area contributed by atoms with Crippen molar-refractivity contribution in [1.29, 1.82) is 0 Å². The zero-order valence-electron chi connectivity index (χ0n) is 17.0. The van der Waals surface area contributed by atoms with Gasteiger partial charge < -0.3 is 9.72 Å². The van der Waals surface area contributed by atoms with Crippen molar-refractivity contribution in [3.05, 3.63) is 83.9 Å². The number of rotatable bonds is 4. The standard InChI is InChI=1S/C25H24N4O/c1-17-24(19-6-2-3-7-19)28-23-14-13-21(16-29(17)23)27-25(30)20-11-9-18(10-12-20)22-8-4-5-15-26-22/h4-5,8-16,19H,2-3,6-7H2,1H3,(H,27,30). The quantitative estimate of drug-likeness (QED) is 0.487. The number of amides is 1. The monoisotopic (exact) mass is 396 g/mol. The van der Waals surface area contributed by atoms with E-state index in [1.165, 1.54) is 37.1 Å². The van der Waals surface area contributed by atoms with Crippen LogP contribution in [0.5, 0.6) is 0 Å². The van der Waals surface area contributed by atoms with Crippen molar-refractivity contribution in [2.75, 3.05) is 5.32 Å². The molecular weight excluding hydrogens is 372 g/mol. The summed E-state index contributed by atoms with van der Waals surface area (Å²) in [5, 5.41) is 3.01. The predicted octanol–water partition coefficient (Wildman–Crippen LogP) is 5.61. The molecule has 0 saturated heterocycles. The number of fused-ring (bicyclic) bond motifs is 1. The van der Waals surface area contributed by atoms with Gasteiger partial charge in [0, 0.05) is 35.1 Å². The predicted molar refractivity (Wildman–Crippen MR) is 119 cm³/mol. The molecule has 1 saturated carbocycles. The Hall–Kier alpha value is -3.47. The van der Waals surface area contributed by atoms with Gasteiger partial charge in [-0.15, -0.1) is 0 Å². The Morgan fingerprint density at radius 1 is 1.03 bits per heavy atom. The van der Waals surface area contributed by atoms with Crippen molar-refractivity contribution in [1.82, 2.24) is 14.4 Å². The Kier molecular flexibility index (Phi) is 4.79. The first-order valence-electron chi connectivity index (χ1n) is 10.5. The Bertz CT molecular complexity index is 1190. The van der Waals surface area contributed by atoms with Crippen molar-refractivity contribution < 1.29 is 4.79 Å². The minimum absolute atomic E-state index is 0.129. The third-order valence-corrected chi connectivity index (χ3v) is 6.00. The number of imidazole rings is 1. The van der Waals surface area contributed by atoms with Gasteiger partial charge in [-0.05, 0) is 56.2 Å². The largest absolute Gasteiger partial charge is 0.321 e. The lowest BCUT2D eigenvalue weighted by Crippen LogP contribution is -2.12. The van der Waals surface area contributed by atoms with Crippen molar-refractivity contribution >= 4 is 17.2 Å². The van der Waals surface area contributed by atoms with Gasteiger partial charge in [0.05, 0.1) is 17.1 Å². The average Bonchev–Trinajstić information content (AvgIpc) is 3.43. The summed E-state index contributed by atoms with van der Waals surface area (Å²) in [7, 11) is 0. The van der Waals surface area contributed by atoms with Gasteiger partial charge in [-0.2, -0.15) is 0 Å². The van der Waals surface area contributed by atoms with E-state index in [1.54, 1.807) is 6.20 Å². The van der Waals surface area contributed by atoms with Gasteiger partial charge in [-0.25, -0.2) is 4.98 Å². The van der Waals surface area contributed by atoms with Crippen molar-refractivity contribution in [3.8, 4) is 11.3 Å². The van der Waals surface area contributed by atoms with Crippen LogP contribution in [-0.4, -0.2) is 20.3 Å². The Balaban J connectivity index is 1.36. The molecule has 0 unspecified atom stereocenters. The summed E-state index contributed by atoms with van der Waals surface area (Å²) in [6.45, 7) is 2.12. The lowest BCUT2D eigenvalue weighted by atomic mass is 10.0. The molecule has 1 aromatic carbocycles. The number of aromatic nitrogens is 3. The lowest BCUT2D eigenvalue weighted by molar-refractivity contribution is 0.102. The second kappa shape index (κ2) is 7.75. The third-order valence-electron chi connectivity index (χ3n) is 6.00. The maximum Gasteiger partial charge on any atom is 0.255 e. The van der Waals surface area contributed by atoms with Gasteiger partial charge in [0.1, 0.15) is 5.65 Å². The number of hydrogen-bond acceptors (Lipinski definition) is 3. The zero-order valence-corrected chi connectivity index (χ0v) is 17.0. The number of hydrogen-bond donors (Lipinski definition) is 1. The van der Waals surface area contributed by atoms with Gasteiger partial charge in [0.2, 0.25) is 0 Å². The molecule has 0 aliphatic heterocycles. The Labute approximate surface area is 175 Å². The first-order valence-corrected chi connectivity index (χ1v) is 10.5. The summed E-state index contributed by atoms with van der Waals surface area (Å²) in [5.74, 6) is 0.441. The molecule has 5 rings (SSSR count). The number of benzene rings is 1. The van der Waals surface area contributed by atoms with E-state index in [0.717, 1.165) is 22.6 Å². The highest BCUT2D eigenvalue weighted by Crippen LogP contribution is 2.35. The van der Waals surface area contributed by atoms with E-state index in [9.17, 15) is 4.79 Å². The van der Waals surface area contributed by atoms with Gasteiger partial charge in [-0.1, -0.05) is 31.0 Å². The summed E-state index contributed by atoms with van der Waals surface area (Å²) in [4.78, 5) is 22.0. The molecule has 1 aliphatic carbocycles. The fraction of sp³-hybridized carbons (Fsp3) is 0.240. The SMILES string of the molecule is Cc1c(C2CCCC2)nc2ccc(NC(=O)c3ccc(-c4ccccn4)cc3)cn12. The molecule has 0 bridgehead atoms. The highest BCUT2D eigenvalue weighted by Gasteiger charge is 2.22. The van der Waals surface area contributed by atoms with Crippen LogP contribution in [0.25, 0.3) is 16.9 Å². The molecule has 3 heterocycles. The molecule has 3 aromatic heterocycles. The summed E-state index contributed by atoms with van der Waals surface area (Å²) in [6.07, 6.45) is 8.76. The third kappa shape index (κ3) is 3.47. The van der Waals surface area contributed by atoms with E-state index in [1.807, 2.05) is 60.8 Å². The maximum absolute atomic E-state index is 12.7. The number of carbonyl (C=O) groups excluding carboxylic acids is 1. The summed E-state index contributed by atoms with van der Waals surface area (Å²) in [6, 6.07) is 17.2. The molecule has 0 spiro atoms. The van der Waals surface area contributed by atoms with Crippen LogP contribution >= 0.6 is 0 Å². The zero-order chi connectivity index (χ0) is 20.5. The topological polar surface area (TPSA) is 59.3 Å². The number of carbonyl (C=O) groups is 1. The van der Waals surface area contributed by atoms with Gasteiger partial charge in [-0.3, -0.25) is 9.78 Å². The minimum Gasteiger partial charge on any atom is -0.321 e. The van der Waals surface area contributed by atoms with Crippen molar-refractivity contribution in [2.45, 2.75) is 38.5 Å². The molecule has 4 aromatic rings. The fourth-order valence-corrected chi connectivity index (χ4v) is 4.37. The Morgan fingerprint density at radius 3 is 2.57 bits per heavy atom. The maximum atomic E-state index is 12.7. The van der Waals surface area contributed by atoms with Crippen LogP contribution in [0, 0.1) is 6.92 Å². The number of anilines is 1. The first kappa shape index (κ1) is 18.6. The Morgan fingerprint density at radius 2 is 1.83 bits per heavy atom. The average molecular weight is 396 g/mol. The van der Waals surface area contributed by atoms with E-state index in [2.05, 4.69) is 21.6 Å². The molecule has 1 amide bonds. The molecular formula is C25H24N4O. The highest BCUT2D eigenvalue weighted by molar-refractivity contribution is 6.04. The summed E-state index contributed by atoms with van der Waals surface area (Å²) < 4.78 is 2.09. The number of nitrogens with one attached hydrogen (secondary N) is 1. The van der Waals surface area contributed by atoms with Gasteiger partial charge in [0.25, 0.3) is 5.91 Å². The highest BCUT2D eigenvalue weighted by atomic mass is 16.1. The fourth-order valence-electron chi connectivity index (χ4n) is 4.37. The first-order chi connectivity index (χ1) is 14.7. The smallest absolute Gasteiger partial charge is 0.255 e. The molecule has 150 valence electrons. The van der Waals surface area contributed by atoms with E-state index >= 15 is 0 Å². The van der Waals surface area contributed by atoms with Crippen molar-refractivity contribution in [3.63, 3.8) is 0 Å². The van der Waals surface area contributed by atoms with Gasteiger partial charge in [0.15, 0.2) is 0 Å².